The number of halogens is 1. The van der Waals surface area contributed by atoms with Crippen molar-refractivity contribution in [2.75, 3.05) is 5.73 Å². The van der Waals surface area contributed by atoms with Crippen LogP contribution in [0.15, 0.2) is 12.7 Å². The molecule has 0 spiro atoms. The van der Waals surface area contributed by atoms with Crippen LogP contribution in [0.4, 0.5) is 5.82 Å². The molecule has 1 aliphatic carbocycles. The molecule has 5 N–H and O–H groups in total. The van der Waals surface area contributed by atoms with Crippen molar-refractivity contribution < 1.29 is 24.9 Å². The zero-order chi connectivity index (χ0) is 18.4. The van der Waals surface area contributed by atoms with Crippen LogP contribution in [0.3, 0.4) is 0 Å². The van der Waals surface area contributed by atoms with Gasteiger partial charge in [-0.1, -0.05) is 13.8 Å². The van der Waals surface area contributed by atoms with E-state index in [1.54, 1.807) is 13.8 Å². The normalized spacial score (nSPS) is 37.0. The molecule has 0 amide bonds. The van der Waals surface area contributed by atoms with Gasteiger partial charge in [-0.3, -0.25) is 9.36 Å². The van der Waals surface area contributed by atoms with Crippen LogP contribution in [0.1, 0.15) is 20.1 Å². The zero-order valence-corrected chi connectivity index (χ0v) is 14.0. The highest BCUT2D eigenvalue weighted by Crippen LogP contribution is 2.75. The summed E-state index contributed by atoms with van der Waals surface area (Å²) in [6, 6.07) is 0. The summed E-state index contributed by atoms with van der Waals surface area (Å²) in [5, 5.41) is 31.1. The van der Waals surface area contributed by atoms with E-state index in [9.17, 15) is 20.1 Å². The van der Waals surface area contributed by atoms with E-state index in [1.807, 2.05) is 0 Å². The van der Waals surface area contributed by atoms with Crippen molar-refractivity contribution in [2.24, 2.45) is 5.41 Å². The summed E-state index contributed by atoms with van der Waals surface area (Å²) in [5.41, 5.74) is 1.57. The van der Waals surface area contributed by atoms with Crippen LogP contribution in [-0.4, -0.2) is 63.5 Å². The molecule has 3 heterocycles. The maximum Gasteiger partial charge on any atom is 0.253 e. The fraction of sp³-hybridized carbons (Fsp3) is 0.571. The molecule has 2 fully saturated rings. The molecule has 0 aromatic carbocycles. The molecule has 11 heteroatoms. The van der Waals surface area contributed by atoms with E-state index in [1.165, 1.54) is 17.2 Å². The van der Waals surface area contributed by atoms with Crippen molar-refractivity contribution in [3.05, 3.63) is 12.7 Å². The Balaban J connectivity index is 1.86. The molecular weight excluding hydrogens is 354 g/mol. The lowest BCUT2D eigenvalue weighted by Crippen LogP contribution is -2.45. The maximum atomic E-state index is 11.4. The van der Waals surface area contributed by atoms with Gasteiger partial charge >= 0.3 is 0 Å². The number of aliphatic hydroxyl groups excluding tert-OH is 1. The SMILES string of the molecule is CC1(C)[C@]2(O)[C@H](n3cnc4c(N)ncnc43)O[C@H](C(O)C(=O)Cl)[C@]12O. The number of aromatic nitrogens is 4. The van der Waals surface area contributed by atoms with Gasteiger partial charge in [0.05, 0.1) is 6.33 Å². The second kappa shape index (κ2) is 4.65. The highest BCUT2D eigenvalue weighted by Gasteiger charge is 2.93. The van der Waals surface area contributed by atoms with Gasteiger partial charge in [-0.05, 0) is 11.6 Å². The van der Waals surface area contributed by atoms with E-state index in [4.69, 9.17) is 22.1 Å². The molecule has 134 valence electrons. The predicted octanol–water partition coefficient (Wildman–Crippen LogP) is -1.07. The number of carbonyl (C=O) groups is 1. The second-order valence-electron chi connectivity index (χ2n) is 6.90. The Morgan fingerprint density at radius 3 is 2.68 bits per heavy atom. The highest BCUT2D eigenvalue weighted by atomic mass is 35.5. The number of fused-ring (bicyclic) bond motifs is 2. The summed E-state index contributed by atoms with van der Waals surface area (Å²) < 4.78 is 7.03. The standard InChI is InChI=1S/C14H16ClN5O5/c1-12(2)13(23)7(6(21)8(15)22)25-11(14(12,13)24)20-4-19-5-9(16)17-3-18-10(5)20/h3-4,6-7,11,21,23-24H,1-2H3,(H2,16,17,18)/t6?,7-,11-,13+,14-/m1/s1. The first-order valence-corrected chi connectivity index (χ1v) is 7.87. The third-order valence-electron chi connectivity index (χ3n) is 5.63. The van der Waals surface area contributed by atoms with Crippen molar-refractivity contribution in [1.29, 1.82) is 0 Å². The number of hydrogen-bond donors (Lipinski definition) is 4. The monoisotopic (exact) mass is 369 g/mol. The van der Waals surface area contributed by atoms with Gasteiger partial charge in [0.25, 0.3) is 5.24 Å². The molecule has 2 aromatic heterocycles. The summed E-state index contributed by atoms with van der Waals surface area (Å²) in [6.45, 7) is 3.20. The molecule has 2 aliphatic rings. The number of ether oxygens (including phenoxy) is 1. The van der Waals surface area contributed by atoms with Gasteiger partial charge < -0.3 is 25.8 Å². The molecule has 2 aromatic rings. The summed E-state index contributed by atoms with van der Waals surface area (Å²) >= 11 is 5.36. The summed E-state index contributed by atoms with van der Waals surface area (Å²) in [5.74, 6) is 0.145. The van der Waals surface area contributed by atoms with Crippen molar-refractivity contribution in [3.8, 4) is 0 Å². The fourth-order valence-corrected chi connectivity index (χ4v) is 4.15. The number of rotatable bonds is 3. The Labute approximate surface area is 146 Å². The van der Waals surface area contributed by atoms with Crippen LogP contribution in [0.25, 0.3) is 11.2 Å². The molecule has 1 saturated carbocycles. The quantitative estimate of drug-likeness (QED) is 0.494. The van der Waals surface area contributed by atoms with Gasteiger partial charge in [-0.15, -0.1) is 0 Å². The number of imidazole rings is 1. The third-order valence-corrected chi connectivity index (χ3v) is 5.85. The van der Waals surface area contributed by atoms with Crippen molar-refractivity contribution >= 4 is 33.8 Å². The van der Waals surface area contributed by atoms with Gasteiger partial charge in [0.15, 0.2) is 23.8 Å². The molecule has 5 atom stereocenters. The third kappa shape index (κ3) is 1.64. The van der Waals surface area contributed by atoms with Crippen molar-refractivity contribution in [1.82, 2.24) is 19.5 Å². The largest absolute Gasteiger partial charge is 0.383 e. The minimum atomic E-state index is -1.89. The Bertz CT molecular complexity index is 903. The van der Waals surface area contributed by atoms with Crippen molar-refractivity contribution in [2.45, 2.75) is 43.5 Å². The zero-order valence-electron chi connectivity index (χ0n) is 13.3. The summed E-state index contributed by atoms with van der Waals surface area (Å²) in [7, 11) is 0. The van der Waals surface area contributed by atoms with Gasteiger partial charge in [0, 0.05) is 5.41 Å². The second-order valence-corrected chi connectivity index (χ2v) is 7.27. The molecule has 25 heavy (non-hydrogen) atoms. The van der Waals surface area contributed by atoms with E-state index in [0.29, 0.717) is 5.52 Å². The van der Waals surface area contributed by atoms with Gasteiger partial charge in [0.2, 0.25) is 0 Å². The topological polar surface area (TPSA) is 157 Å². The molecule has 1 saturated heterocycles. The van der Waals surface area contributed by atoms with E-state index in [2.05, 4.69) is 15.0 Å². The maximum absolute atomic E-state index is 11.4. The average molecular weight is 370 g/mol. The van der Waals surface area contributed by atoms with Crippen LogP contribution in [0.5, 0.6) is 0 Å². The van der Waals surface area contributed by atoms with E-state index in [0.717, 1.165) is 0 Å². The molecule has 10 nitrogen and oxygen atoms in total. The van der Waals surface area contributed by atoms with Gasteiger partial charge in [-0.2, -0.15) is 0 Å². The van der Waals surface area contributed by atoms with Crippen LogP contribution < -0.4 is 5.73 Å². The lowest BCUT2D eigenvalue weighted by Gasteiger charge is -2.29. The fourth-order valence-electron chi connectivity index (χ4n) is 4.03. The van der Waals surface area contributed by atoms with Crippen LogP contribution >= 0.6 is 11.6 Å². The van der Waals surface area contributed by atoms with E-state index < -0.39 is 40.3 Å². The molecule has 0 bridgehead atoms. The first-order chi connectivity index (χ1) is 11.6. The van der Waals surface area contributed by atoms with Crippen LogP contribution in [0.2, 0.25) is 0 Å². The van der Waals surface area contributed by atoms with Crippen LogP contribution in [-0.2, 0) is 9.53 Å². The van der Waals surface area contributed by atoms with Crippen LogP contribution in [0, 0.1) is 5.41 Å². The number of anilines is 1. The van der Waals surface area contributed by atoms with E-state index >= 15 is 0 Å². The molecule has 1 unspecified atom stereocenters. The number of hydrogen-bond acceptors (Lipinski definition) is 9. The number of aliphatic hydroxyl groups is 3. The average Bonchev–Trinajstić information content (AvgIpc) is 2.93. The first kappa shape index (κ1) is 16.6. The van der Waals surface area contributed by atoms with Crippen molar-refractivity contribution in [3.63, 3.8) is 0 Å². The highest BCUT2D eigenvalue weighted by molar-refractivity contribution is 6.64. The first-order valence-electron chi connectivity index (χ1n) is 7.49. The predicted molar refractivity (Wildman–Crippen MR) is 84.2 cm³/mol. The number of nitrogen functional groups attached to an aromatic ring is 1. The van der Waals surface area contributed by atoms with Gasteiger partial charge in [0.1, 0.15) is 29.2 Å². The summed E-state index contributed by atoms with van der Waals surface area (Å²) in [4.78, 5) is 23.4. The molecule has 0 radical (unpaired) electrons. The van der Waals surface area contributed by atoms with Gasteiger partial charge in [-0.25, -0.2) is 15.0 Å². The van der Waals surface area contributed by atoms with E-state index in [-0.39, 0.29) is 11.5 Å². The Kier molecular flexibility index (Phi) is 3.09. The minimum absolute atomic E-state index is 0.145. The lowest BCUT2D eigenvalue weighted by molar-refractivity contribution is -0.155. The Morgan fingerprint density at radius 1 is 1.36 bits per heavy atom. The smallest absolute Gasteiger partial charge is 0.253 e. The Morgan fingerprint density at radius 2 is 2.04 bits per heavy atom. The number of carbonyl (C=O) groups excluding carboxylic acids is 1. The summed E-state index contributed by atoms with van der Waals surface area (Å²) in [6.07, 6.45) is -1.82. The molecule has 1 aliphatic heterocycles. The number of nitrogens with zero attached hydrogens (tertiary/aromatic N) is 4. The number of nitrogens with two attached hydrogens (primary N) is 1. The minimum Gasteiger partial charge on any atom is -0.383 e. The molecule has 4 rings (SSSR count). The Hall–Kier alpha value is -1.85. The molecular formula is C14H16ClN5O5. The lowest BCUT2D eigenvalue weighted by atomic mass is 9.98.